The quantitative estimate of drug-likeness (QED) is 0.247. The van der Waals surface area contributed by atoms with Gasteiger partial charge in [0.2, 0.25) is 16.0 Å². The molecule has 0 amide bonds. The molecule has 210 valence electrons. The van der Waals surface area contributed by atoms with Gasteiger partial charge in [0.1, 0.15) is 30.5 Å². The molecule has 2 aromatic carbocycles. The summed E-state index contributed by atoms with van der Waals surface area (Å²) in [6, 6.07) is 7.23. The van der Waals surface area contributed by atoms with Crippen LogP contribution >= 0.6 is 15.9 Å². The molecule has 12 nitrogen and oxygen atoms in total. The molecule has 1 aromatic heterocycles. The number of ether oxygens (including phenoxy) is 3. The zero-order valence-corrected chi connectivity index (χ0v) is 24.4. The van der Waals surface area contributed by atoms with E-state index in [9.17, 15) is 13.5 Å². The molecule has 0 bridgehead atoms. The van der Waals surface area contributed by atoms with Crippen LogP contribution in [0.15, 0.2) is 34.9 Å². The third kappa shape index (κ3) is 6.40. The molecule has 4 N–H and O–H groups in total. The number of halogens is 1. The van der Waals surface area contributed by atoms with Crippen LogP contribution in [0.5, 0.6) is 17.2 Å². The van der Waals surface area contributed by atoms with Crippen molar-refractivity contribution in [1.29, 1.82) is 0 Å². The van der Waals surface area contributed by atoms with Gasteiger partial charge in [0, 0.05) is 31.5 Å². The lowest BCUT2D eigenvalue weighted by Crippen LogP contribution is -2.27. The Balaban J connectivity index is 1.70. The summed E-state index contributed by atoms with van der Waals surface area (Å²) in [5, 5.41) is 18.8. The number of rotatable bonds is 11. The Morgan fingerprint density at radius 2 is 1.92 bits per heavy atom. The van der Waals surface area contributed by atoms with Crippen LogP contribution < -0.4 is 34.5 Å². The Bertz CT molecular complexity index is 1460. The lowest BCUT2D eigenvalue weighted by molar-refractivity contribution is 0.172. The van der Waals surface area contributed by atoms with Crippen molar-refractivity contribution in [1.82, 2.24) is 9.97 Å². The Kier molecular flexibility index (Phi) is 8.87. The summed E-state index contributed by atoms with van der Waals surface area (Å²) in [6.07, 6.45) is 3.45. The largest absolute Gasteiger partial charge is 0.494 e. The smallest absolute Gasteiger partial charge is 0.232 e. The normalized spacial score (nSPS) is 12.6. The SMILES string of the molecule is CCc1cc(Nc2ncc(Br)c(Nc3ccc4c(c3N(C)S(C)(=O)=O)OCCO4)n2)c(OC)cc1NCCO. The number of anilines is 6. The molecule has 0 radical (unpaired) electrons. The average molecular weight is 624 g/mol. The van der Waals surface area contributed by atoms with Gasteiger partial charge in [-0.05, 0) is 46.1 Å². The summed E-state index contributed by atoms with van der Waals surface area (Å²) in [6.45, 7) is 3.13. The number of methoxy groups -OCH3 is 1. The molecule has 0 saturated heterocycles. The second kappa shape index (κ2) is 12.1. The maximum atomic E-state index is 12.5. The molecule has 4 rings (SSSR count). The minimum absolute atomic E-state index is 0.0129. The summed E-state index contributed by atoms with van der Waals surface area (Å²) in [5.41, 5.74) is 3.30. The van der Waals surface area contributed by atoms with E-state index in [2.05, 4.69) is 41.8 Å². The maximum Gasteiger partial charge on any atom is 0.232 e. The number of aliphatic hydroxyl groups excluding tert-OH is 1. The average Bonchev–Trinajstić information content (AvgIpc) is 2.92. The molecule has 39 heavy (non-hydrogen) atoms. The summed E-state index contributed by atoms with van der Waals surface area (Å²) in [7, 11) is -0.599. The van der Waals surface area contributed by atoms with Gasteiger partial charge in [0.15, 0.2) is 11.5 Å². The molecule has 2 heterocycles. The number of hydrogen-bond acceptors (Lipinski definition) is 11. The zero-order valence-electron chi connectivity index (χ0n) is 22.0. The minimum atomic E-state index is -3.62. The summed E-state index contributed by atoms with van der Waals surface area (Å²) in [5.74, 6) is 2.03. The van der Waals surface area contributed by atoms with Crippen molar-refractivity contribution in [3.63, 3.8) is 0 Å². The highest BCUT2D eigenvalue weighted by molar-refractivity contribution is 9.10. The first-order chi connectivity index (χ1) is 18.7. The fraction of sp³-hybridized carbons (Fsp3) is 0.360. The Morgan fingerprint density at radius 3 is 2.62 bits per heavy atom. The molecular formula is C25H31BrN6O6S. The molecule has 0 aliphatic carbocycles. The number of aliphatic hydroxyl groups is 1. The fourth-order valence-electron chi connectivity index (χ4n) is 3.98. The molecule has 0 spiro atoms. The molecule has 14 heteroatoms. The van der Waals surface area contributed by atoms with Gasteiger partial charge in [-0.25, -0.2) is 13.4 Å². The van der Waals surface area contributed by atoms with Crippen molar-refractivity contribution in [3.8, 4) is 17.2 Å². The molecule has 1 aliphatic heterocycles. The standard InChI is InChI=1S/C25H31BrN6O6S/c1-5-15-12-19(21(36-3)13-18(15)27-8-9-33)30-25-28-14-16(26)24(31-25)29-17-6-7-20-23(38-11-10-37-20)22(17)32(2)39(4,34)35/h6-7,12-14,27,33H,5,8-11H2,1-4H3,(H2,28,29,30,31). The van der Waals surface area contributed by atoms with Crippen LogP contribution in [0.3, 0.4) is 0 Å². The van der Waals surface area contributed by atoms with Crippen LogP contribution in [0.25, 0.3) is 0 Å². The van der Waals surface area contributed by atoms with E-state index in [1.807, 2.05) is 19.1 Å². The van der Waals surface area contributed by atoms with Crippen molar-refractivity contribution in [3.05, 3.63) is 40.5 Å². The Labute approximate surface area is 235 Å². The predicted octanol–water partition coefficient (Wildman–Crippen LogP) is 3.87. The number of nitrogens with one attached hydrogen (secondary N) is 3. The number of benzene rings is 2. The zero-order chi connectivity index (χ0) is 28.2. The van der Waals surface area contributed by atoms with Gasteiger partial charge in [-0.15, -0.1) is 0 Å². The van der Waals surface area contributed by atoms with Gasteiger partial charge >= 0.3 is 0 Å². The van der Waals surface area contributed by atoms with Crippen LogP contribution in [0.4, 0.5) is 34.5 Å². The van der Waals surface area contributed by atoms with E-state index in [4.69, 9.17) is 14.2 Å². The molecule has 0 fully saturated rings. The number of nitrogens with zero attached hydrogens (tertiary/aromatic N) is 3. The van der Waals surface area contributed by atoms with Crippen molar-refractivity contribution in [2.75, 3.05) is 67.0 Å². The van der Waals surface area contributed by atoms with Crippen LogP contribution in [-0.4, -0.2) is 70.3 Å². The van der Waals surface area contributed by atoms with Crippen LogP contribution in [0.1, 0.15) is 12.5 Å². The lowest BCUT2D eigenvalue weighted by atomic mass is 10.1. The predicted molar refractivity (Wildman–Crippen MR) is 155 cm³/mol. The first-order valence-electron chi connectivity index (χ1n) is 12.1. The number of aryl methyl sites for hydroxylation is 1. The van der Waals surface area contributed by atoms with E-state index in [1.165, 1.54) is 7.05 Å². The number of aromatic nitrogens is 2. The topological polar surface area (TPSA) is 147 Å². The number of hydrogen-bond donors (Lipinski definition) is 4. The van der Waals surface area contributed by atoms with Crippen LogP contribution in [0.2, 0.25) is 0 Å². The first kappa shape index (κ1) is 28.5. The summed E-state index contributed by atoms with van der Waals surface area (Å²) in [4.78, 5) is 9.00. The van der Waals surface area contributed by atoms with E-state index in [0.29, 0.717) is 64.4 Å². The van der Waals surface area contributed by atoms with E-state index < -0.39 is 10.0 Å². The minimum Gasteiger partial charge on any atom is -0.494 e. The first-order valence-corrected chi connectivity index (χ1v) is 14.8. The molecule has 3 aromatic rings. The highest BCUT2D eigenvalue weighted by atomic mass is 79.9. The molecule has 0 atom stereocenters. The van der Waals surface area contributed by atoms with E-state index >= 15 is 0 Å². The maximum absolute atomic E-state index is 12.5. The van der Waals surface area contributed by atoms with Crippen LogP contribution in [-0.2, 0) is 16.4 Å². The van der Waals surface area contributed by atoms with Crippen molar-refractivity contribution in [2.45, 2.75) is 13.3 Å². The fourth-order valence-corrected chi connectivity index (χ4v) is 4.79. The van der Waals surface area contributed by atoms with Crippen molar-refractivity contribution >= 4 is 60.5 Å². The van der Waals surface area contributed by atoms with Gasteiger partial charge < -0.3 is 35.3 Å². The molecule has 1 aliphatic rings. The van der Waals surface area contributed by atoms with Crippen LogP contribution in [0, 0.1) is 0 Å². The van der Waals surface area contributed by atoms with Gasteiger partial charge in [-0.2, -0.15) is 4.98 Å². The van der Waals surface area contributed by atoms with E-state index in [0.717, 1.165) is 28.2 Å². The number of fused-ring (bicyclic) bond motifs is 1. The highest BCUT2D eigenvalue weighted by Gasteiger charge is 2.27. The molecular weight excluding hydrogens is 592 g/mol. The van der Waals surface area contributed by atoms with Gasteiger partial charge in [-0.1, -0.05) is 6.92 Å². The van der Waals surface area contributed by atoms with E-state index in [-0.39, 0.29) is 12.6 Å². The van der Waals surface area contributed by atoms with E-state index in [1.54, 1.807) is 25.4 Å². The van der Waals surface area contributed by atoms with Gasteiger partial charge in [-0.3, -0.25) is 4.31 Å². The van der Waals surface area contributed by atoms with Gasteiger partial charge in [0.25, 0.3) is 0 Å². The number of sulfonamides is 1. The second-order valence-corrected chi connectivity index (χ2v) is 11.4. The Hall–Kier alpha value is -3.49. The molecule has 0 unspecified atom stereocenters. The summed E-state index contributed by atoms with van der Waals surface area (Å²) >= 11 is 3.48. The monoisotopic (exact) mass is 622 g/mol. The van der Waals surface area contributed by atoms with Crippen molar-refractivity contribution in [2.24, 2.45) is 0 Å². The summed E-state index contributed by atoms with van der Waals surface area (Å²) < 4.78 is 43.7. The molecule has 0 saturated carbocycles. The third-order valence-corrected chi connectivity index (χ3v) is 7.73. The van der Waals surface area contributed by atoms with Gasteiger partial charge in [0.05, 0.1) is 35.8 Å². The lowest BCUT2D eigenvalue weighted by Gasteiger charge is -2.28. The second-order valence-electron chi connectivity index (χ2n) is 8.57. The van der Waals surface area contributed by atoms with Crippen molar-refractivity contribution < 1.29 is 27.7 Å². The highest BCUT2D eigenvalue weighted by Crippen LogP contribution is 2.46. The third-order valence-electron chi connectivity index (χ3n) is 5.97. The Morgan fingerprint density at radius 1 is 1.15 bits per heavy atom.